The molecular formula is C31H28F2N4O. The van der Waals surface area contributed by atoms with Crippen molar-refractivity contribution in [3.63, 3.8) is 0 Å². The number of carbonyl (C=O) groups excluding carboxylic acids is 1. The van der Waals surface area contributed by atoms with Gasteiger partial charge in [0.2, 0.25) is 0 Å². The molecule has 5 rings (SSSR count). The summed E-state index contributed by atoms with van der Waals surface area (Å²) in [7, 11) is 0. The Hall–Kier alpha value is -4.26. The molecule has 0 aliphatic rings. The number of rotatable bonds is 8. The first kappa shape index (κ1) is 25.4. The van der Waals surface area contributed by atoms with E-state index in [9.17, 15) is 13.6 Å². The molecule has 38 heavy (non-hydrogen) atoms. The molecule has 0 bridgehead atoms. The van der Waals surface area contributed by atoms with E-state index in [1.165, 1.54) is 18.5 Å². The van der Waals surface area contributed by atoms with Crippen LogP contribution in [0.2, 0.25) is 0 Å². The van der Waals surface area contributed by atoms with E-state index in [0.29, 0.717) is 11.3 Å². The molecule has 5 aromatic rings. The molecule has 0 unspecified atom stereocenters. The number of hydrogen-bond acceptors (Lipinski definition) is 4. The van der Waals surface area contributed by atoms with Gasteiger partial charge in [0.05, 0.1) is 29.6 Å². The molecule has 0 aliphatic carbocycles. The maximum absolute atomic E-state index is 14.0. The highest BCUT2D eigenvalue weighted by Gasteiger charge is 2.23. The first-order valence-electron chi connectivity index (χ1n) is 12.5. The summed E-state index contributed by atoms with van der Waals surface area (Å²) < 4.78 is 29.9. The summed E-state index contributed by atoms with van der Waals surface area (Å²) in [5.41, 5.74) is 7.97. The van der Waals surface area contributed by atoms with E-state index in [1.54, 1.807) is 12.5 Å². The minimum Gasteiger partial charge on any atom is -0.323 e. The summed E-state index contributed by atoms with van der Waals surface area (Å²) in [6.07, 6.45) is 5.24. The summed E-state index contributed by atoms with van der Waals surface area (Å²) in [5.74, 6) is -1.75. The SMILES string of the molecule is Cc1ccc(-c2cncnc2[C@H](CC(=O)Cn2cnc3cc(C)c(C)cc32)Cc2cc(F)cc(F)c2)cc1. The van der Waals surface area contributed by atoms with Crippen molar-refractivity contribution in [2.45, 2.75) is 46.1 Å². The maximum atomic E-state index is 14.0. The lowest BCUT2D eigenvalue weighted by atomic mass is 9.87. The Balaban J connectivity index is 1.49. The van der Waals surface area contributed by atoms with E-state index in [4.69, 9.17) is 0 Å². The molecule has 0 saturated carbocycles. The van der Waals surface area contributed by atoms with Crippen molar-refractivity contribution in [3.8, 4) is 11.1 Å². The maximum Gasteiger partial charge on any atom is 0.153 e. The number of imidazole rings is 1. The molecule has 0 spiro atoms. The molecule has 0 amide bonds. The standard InChI is InChI=1S/C31H28F2N4O/c1-19-4-6-23(7-5-19)28-15-34-17-35-31(28)24(10-22-11-25(32)14-26(33)12-22)13-27(38)16-37-18-36-29-8-20(2)21(3)9-30(29)37/h4-9,11-12,14-15,17-18,24H,10,13,16H2,1-3H3/t24-/m0/s1. The van der Waals surface area contributed by atoms with Crippen LogP contribution in [0.15, 0.2) is 73.4 Å². The highest BCUT2D eigenvalue weighted by atomic mass is 19.1. The lowest BCUT2D eigenvalue weighted by Gasteiger charge is -2.20. The van der Waals surface area contributed by atoms with E-state index in [-0.39, 0.29) is 25.2 Å². The van der Waals surface area contributed by atoms with Gasteiger partial charge in [-0.3, -0.25) is 4.79 Å². The third kappa shape index (κ3) is 5.52. The number of hydrogen-bond donors (Lipinski definition) is 0. The Kier molecular flexibility index (Phi) is 7.09. The zero-order chi connectivity index (χ0) is 26.8. The lowest BCUT2D eigenvalue weighted by Crippen LogP contribution is -2.17. The van der Waals surface area contributed by atoms with Crippen molar-refractivity contribution >= 4 is 16.8 Å². The minimum atomic E-state index is -0.651. The van der Waals surface area contributed by atoms with Crippen LogP contribution in [-0.4, -0.2) is 25.3 Å². The molecule has 0 radical (unpaired) electrons. The lowest BCUT2D eigenvalue weighted by molar-refractivity contribution is -0.120. The van der Waals surface area contributed by atoms with E-state index in [2.05, 4.69) is 15.0 Å². The van der Waals surface area contributed by atoms with E-state index >= 15 is 0 Å². The van der Waals surface area contributed by atoms with Gasteiger partial charge in [-0.2, -0.15) is 0 Å². The van der Waals surface area contributed by atoms with E-state index < -0.39 is 17.6 Å². The predicted octanol–water partition coefficient (Wildman–Crippen LogP) is 6.68. The Bertz CT molecular complexity index is 1610. The molecule has 2 aromatic heterocycles. The van der Waals surface area contributed by atoms with Crippen LogP contribution in [0, 0.1) is 32.4 Å². The molecule has 192 valence electrons. The van der Waals surface area contributed by atoms with Gasteiger partial charge in [-0.25, -0.2) is 23.7 Å². The van der Waals surface area contributed by atoms with Crippen molar-refractivity contribution in [1.29, 1.82) is 0 Å². The van der Waals surface area contributed by atoms with Gasteiger partial charge in [0, 0.05) is 30.2 Å². The molecule has 0 N–H and O–H groups in total. The van der Waals surface area contributed by atoms with Crippen LogP contribution in [-0.2, 0) is 17.8 Å². The third-order valence-corrected chi connectivity index (χ3v) is 6.95. The zero-order valence-electron chi connectivity index (χ0n) is 21.6. The van der Waals surface area contributed by atoms with Gasteiger partial charge in [-0.05, 0) is 73.7 Å². The van der Waals surface area contributed by atoms with Crippen LogP contribution < -0.4 is 0 Å². The number of Topliss-reactive ketones (excluding diaryl/α,β-unsaturated/α-hetero) is 1. The van der Waals surface area contributed by atoms with Crippen LogP contribution in [0.4, 0.5) is 8.78 Å². The van der Waals surface area contributed by atoms with Crippen molar-refractivity contribution < 1.29 is 13.6 Å². The second-order valence-corrected chi connectivity index (χ2v) is 9.91. The number of aryl methyl sites for hydroxylation is 3. The van der Waals surface area contributed by atoms with Gasteiger partial charge in [-0.1, -0.05) is 29.8 Å². The summed E-state index contributed by atoms with van der Waals surface area (Å²) in [6, 6.07) is 15.5. The first-order chi connectivity index (χ1) is 18.3. The Morgan fingerprint density at radius 1 is 0.921 bits per heavy atom. The molecule has 7 heteroatoms. The van der Waals surface area contributed by atoms with Crippen LogP contribution in [0.25, 0.3) is 22.2 Å². The van der Waals surface area contributed by atoms with Crippen LogP contribution in [0.3, 0.4) is 0 Å². The Labute approximate surface area is 220 Å². The number of aromatic nitrogens is 4. The van der Waals surface area contributed by atoms with Gasteiger partial charge in [0.25, 0.3) is 0 Å². The van der Waals surface area contributed by atoms with Crippen molar-refractivity contribution in [2.24, 2.45) is 0 Å². The fraction of sp³-hybridized carbons (Fsp3) is 0.226. The number of fused-ring (bicyclic) bond motifs is 1. The van der Waals surface area contributed by atoms with Crippen LogP contribution in [0.5, 0.6) is 0 Å². The topological polar surface area (TPSA) is 60.7 Å². The molecule has 0 fully saturated rings. The van der Waals surface area contributed by atoms with Crippen molar-refractivity contribution in [1.82, 2.24) is 19.5 Å². The monoisotopic (exact) mass is 510 g/mol. The van der Waals surface area contributed by atoms with Gasteiger partial charge in [0.15, 0.2) is 5.78 Å². The fourth-order valence-corrected chi connectivity index (χ4v) is 4.87. The molecular weight excluding hydrogens is 482 g/mol. The summed E-state index contributed by atoms with van der Waals surface area (Å²) in [4.78, 5) is 26.7. The Morgan fingerprint density at radius 2 is 1.63 bits per heavy atom. The van der Waals surface area contributed by atoms with Crippen molar-refractivity contribution in [3.05, 3.63) is 113 Å². The Morgan fingerprint density at radius 3 is 2.37 bits per heavy atom. The summed E-state index contributed by atoms with van der Waals surface area (Å²) in [5, 5.41) is 0. The highest BCUT2D eigenvalue weighted by molar-refractivity contribution is 5.83. The number of nitrogens with zero attached hydrogens (tertiary/aromatic N) is 4. The number of halogens is 2. The average molecular weight is 511 g/mol. The summed E-state index contributed by atoms with van der Waals surface area (Å²) >= 11 is 0. The second kappa shape index (κ2) is 10.6. The first-order valence-corrected chi connectivity index (χ1v) is 12.5. The number of carbonyl (C=O) groups is 1. The highest BCUT2D eigenvalue weighted by Crippen LogP contribution is 2.32. The van der Waals surface area contributed by atoms with E-state index in [1.807, 2.05) is 61.7 Å². The largest absolute Gasteiger partial charge is 0.323 e. The van der Waals surface area contributed by atoms with Crippen LogP contribution in [0.1, 0.15) is 40.3 Å². The normalized spacial score (nSPS) is 12.1. The van der Waals surface area contributed by atoms with Crippen molar-refractivity contribution in [2.75, 3.05) is 0 Å². The molecule has 1 atom stereocenters. The van der Waals surface area contributed by atoms with Gasteiger partial charge in [0.1, 0.15) is 18.0 Å². The number of benzene rings is 3. The van der Waals surface area contributed by atoms with Gasteiger partial charge < -0.3 is 4.57 Å². The molecule has 2 heterocycles. The number of ketones is 1. The molecule has 0 saturated heterocycles. The molecule has 0 aliphatic heterocycles. The summed E-state index contributed by atoms with van der Waals surface area (Å²) in [6.45, 7) is 6.21. The smallest absolute Gasteiger partial charge is 0.153 e. The van der Waals surface area contributed by atoms with Gasteiger partial charge in [-0.15, -0.1) is 0 Å². The zero-order valence-corrected chi connectivity index (χ0v) is 21.6. The second-order valence-electron chi connectivity index (χ2n) is 9.91. The van der Waals surface area contributed by atoms with Gasteiger partial charge >= 0.3 is 0 Å². The molecule has 5 nitrogen and oxygen atoms in total. The van der Waals surface area contributed by atoms with E-state index in [0.717, 1.165) is 44.9 Å². The molecule has 3 aromatic carbocycles. The fourth-order valence-electron chi connectivity index (χ4n) is 4.87. The minimum absolute atomic E-state index is 0.0297. The average Bonchev–Trinajstić information content (AvgIpc) is 3.24. The quantitative estimate of drug-likeness (QED) is 0.234. The third-order valence-electron chi connectivity index (χ3n) is 6.95. The predicted molar refractivity (Wildman–Crippen MR) is 144 cm³/mol. The van der Waals surface area contributed by atoms with Crippen LogP contribution >= 0.6 is 0 Å².